The van der Waals surface area contributed by atoms with E-state index in [0.29, 0.717) is 23.2 Å². The van der Waals surface area contributed by atoms with Crippen LogP contribution in [0.2, 0.25) is 0 Å². The van der Waals surface area contributed by atoms with E-state index in [1.165, 1.54) is 24.9 Å². The molecule has 2 aromatic rings. The normalized spacial score (nSPS) is 18.6. The fourth-order valence-electron chi connectivity index (χ4n) is 3.82. The first kappa shape index (κ1) is 27.6. The number of benzene rings is 1. The van der Waals surface area contributed by atoms with Crippen molar-refractivity contribution in [2.45, 2.75) is 23.1 Å². The number of nitrogens with one attached hydrogen (secondary N) is 2. The van der Waals surface area contributed by atoms with Crippen LogP contribution in [0.3, 0.4) is 0 Å². The number of oxime groups is 1. The number of carbonyl (C=O) groups excluding carboxylic acids is 3. The topological polar surface area (TPSA) is 218 Å². The highest BCUT2D eigenvalue weighted by Gasteiger charge is 2.54. The van der Waals surface area contributed by atoms with Crippen LogP contribution in [0.4, 0.5) is 5.69 Å². The molecule has 204 valence electrons. The number of amides is 3. The lowest BCUT2D eigenvalue weighted by molar-refractivity contribution is -0.150. The number of β-lactam (4-membered cyclic amide) rings is 1. The van der Waals surface area contributed by atoms with Crippen molar-refractivity contribution in [1.29, 1.82) is 0 Å². The van der Waals surface area contributed by atoms with Crippen molar-refractivity contribution in [3.63, 3.8) is 0 Å². The largest absolute Gasteiger partial charge is 0.480 e. The standard InChI is InChI=1S/C21H20N8O8S2/c1-37-25-14(10-3-2-4-12(5-10)22-9-30)17(33)23-15-18(34)29-16(20(35)36)11(7-38-19(15)29)8-39-21-24-26-27-28(21)6-13(31)32/h2-5,9,15,19H,6-8H2,1H3,(H,22,30)(H,23,33)(H,31,32)(H,35,36)/b25-14+/t15?,19-/m1/s1. The molecule has 0 saturated carbocycles. The van der Waals surface area contributed by atoms with E-state index in [9.17, 15) is 29.1 Å². The molecular formula is C21H20N8O8S2. The van der Waals surface area contributed by atoms with Gasteiger partial charge in [-0.3, -0.25) is 24.1 Å². The minimum Gasteiger partial charge on any atom is -0.480 e. The molecule has 3 amide bonds. The van der Waals surface area contributed by atoms with E-state index in [-0.39, 0.29) is 28.1 Å². The molecule has 0 spiro atoms. The van der Waals surface area contributed by atoms with Crippen molar-refractivity contribution in [3.8, 4) is 0 Å². The highest BCUT2D eigenvalue weighted by atomic mass is 32.2. The number of aliphatic carboxylic acids is 2. The lowest BCUT2D eigenvalue weighted by Crippen LogP contribution is -2.71. The Labute approximate surface area is 227 Å². The van der Waals surface area contributed by atoms with Crippen molar-refractivity contribution in [2.75, 3.05) is 23.9 Å². The van der Waals surface area contributed by atoms with E-state index in [4.69, 9.17) is 9.94 Å². The van der Waals surface area contributed by atoms with Crippen molar-refractivity contribution < 1.29 is 39.0 Å². The maximum Gasteiger partial charge on any atom is 0.352 e. The lowest BCUT2D eigenvalue weighted by atomic mass is 10.0. The van der Waals surface area contributed by atoms with Gasteiger partial charge in [0.05, 0.1) is 0 Å². The zero-order chi connectivity index (χ0) is 28.1. The van der Waals surface area contributed by atoms with Crippen LogP contribution < -0.4 is 10.6 Å². The molecule has 1 unspecified atom stereocenters. The molecule has 2 aliphatic rings. The second-order valence-electron chi connectivity index (χ2n) is 7.89. The number of aromatic nitrogens is 4. The maximum absolute atomic E-state index is 13.1. The van der Waals surface area contributed by atoms with Gasteiger partial charge in [0, 0.05) is 22.8 Å². The summed E-state index contributed by atoms with van der Waals surface area (Å²) in [6.45, 7) is -0.463. The SMILES string of the molecule is CO/N=C(/C(=O)NC1C(=O)N2C(C(=O)O)=C(CSc3nnnn3CC(=O)O)CS[C@H]12)c1cccc(NC=O)c1. The van der Waals surface area contributed by atoms with Gasteiger partial charge in [-0.05, 0) is 28.1 Å². The minimum absolute atomic E-state index is 0.0952. The third-order valence-corrected chi connectivity index (χ3v) is 7.84. The van der Waals surface area contributed by atoms with Gasteiger partial charge in [0.1, 0.15) is 30.8 Å². The quantitative estimate of drug-likeness (QED) is 0.0801. The molecule has 1 fully saturated rings. The molecule has 4 N–H and O–H groups in total. The molecule has 1 aromatic heterocycles. The van der Waals surface area contributed by atoms with Crippen molar-refractivity contribution in [1.82, 2.24) is 30.4 Å². The smallest absolute Gasteiger partial charge is 0.352 e. The van der Waals surface area contributed by atoms with Crippen LogP contribution >= 0.6 is 23.5 Å². The van der Waals surface area contributed by atoms with E-state index < -0.39 is 41.7 Å². The number of carbonyl (C=O) groups is 5. The molecule has 18 heteroatoms. The Hall–Kier alpha value is -4.45. The van der Waals surface area contributed by atoms with E-state index in [1.807, 2.05) is 0 Å². The van der Waals surface area contributed by atoms with Gasteiger partial charge in [0.25, 0.3) is 11.8 Å². The summed E-state index contributed by atoms with van der Waals surface area (Å²) in [5, 5.41) is 38.0. The van der Waals surface area contributed by atoms with Gasteiger partial charge < -0.3 is 25.7 Å². The second kappa shape index (κ2) is 11.9. The predicted octanol–water partition coefficient (Wildman–Crippen LogP) is -0.793. The van der Waals surface area contributed by atoms with Crippen molar-refractivity contribution in [3.05, 3.63) is 41.1 Å². The van der Waals surface area contributed by atoms with Crippen LogP contribution in [-0.2, 0) is 35.4 Å². The fraction of sp³-hybridized carbons (Fsp3) is 0.286. The summed E-state index contributed by atoms with van der Waals surface area (Å²) >= 11 is 2.30. The number of carboxylic acid groups (broad SMARTS) is 2. The number of tetrazole rings is 1. The third kappa shape index (κ3) is 5.85. The van der Waals surface area contributed by atoms with E-state index >= 15 is 0 Å². The summed E-state index contributed by atoms with van der Waals surface area (Å²) in [4.78, 5) is 65.9. The van der Waals surface area contributed by atoms with Crippen LogP contribution in [0.25, 0.3) is 0 Å². The summed E-state index contributed by atoms with van der Waals surface area (Å²) in [6, 6.07) is 5.25. The lowest BCUT2D eigenvalue weighted by Gasteiger charge is -2.49. The molecule has 1 aromatic carbocycles. The minimum atomic E-state index is -1.32. The molecule has 0 bridgehead atoms. The number of carboxylic acids is 2. The Kier molecular flexibility index (Phi) is 8.45. The average Bonchev–Trinajstić information content (AvgIpc) is 3.34. The van der Waals surface area contributed by atoms with E-state index in [2.05, 4.69) is 31.3 Å². The molecule has 39 heavy (non-hydrogen) atoms. The Morgan fingerprint density at radius 3 is 2.82 bits per heavy atom. The molecular weight excluding hydrogens is 556 g/mol. The Balaban J connectivity index is 1.49. The molecule has 2 aliphatic heterocycles. The van der Waals surface area contributed by atoms with Crippen molar-refractivity contribution in [2.24, 2.45) is 5.16 Å². The van der Waals surface area contributed by atoms with E-state index in [0.717, 1.165) is 21.3 Å². The van der Waals surface area contributed by atoms with Gasteiger partial charge in [-0.15, -0.1) is 16.9 Å². The monoisotopic (exact) mass is 576 g/mol. The number of rotatable bonds is 12. The van der Waals surface area contributed by atoms with Crippen LogP contribution in [-0.4, -0.2) is 101 Å². The second-order valence-corrected chi connectivity index (χ2v) is 9.93. The van der Waals surface area contributed by atoms with Crippen LogP contribution in [0.1, 0.15) is 5.56 Å². The summed E-state index contributed by atoms with van der Waals surface area (Å²) in [5.74, 6) is -3.49. The Bertz CT molecular complexity index is 1390. The molecule has 0 aliphatic carbocycles. The number of nitrogens with zero attached hydrogens (tertiary/aromatic N) is 6. The average molecular weight is 577 g/mol. The summed E-state index contributed by atoms with van der Waals surface area (Å²) in [5.41, 5.74) is 0.780. The third-order valence-electron chi connectivity index (χ3n) is 5.46. The molecule has 16 nitrogen and oxygen atoms in total. The highest BCUT2D eigenvalue weighted by molar-refractivity contribution is 8.01. The number of thioether (sulfide) groups is 2. The van der Waals surface area contributed by atoms with Gasteiger partial charge in [0.2, 0.25) is 11.6 Å². The Morgan fingerprint density at radius 2 is 2.13 bits per heavy atom. The number of hydrogen-bond acceptors (Lipinski definition) is 12. The first-order chi connectivity index (χ1) is 18.7. The molecule has 1 saturated heterocycles. The summed E-state index contributed by atoms with van der Waals surface area (Å²) < 4.78 is 1.07. The zero-order valence-electron chi connectivity index (χ0n) is 20.0. The van der Waals surface area contributed by atoms with Gasteiger partial charge >= 0.3 is 11.9 Å². The number of hydrogen-bond donors (Lipinski definition) is 4. The first-order valence-corrected chi connectivity index (χ1v) is 13.0. The Morgan fingerprint density at radius 1 is 1.33 bits per heavy atom. The maximum atomic E-state index is 13.1. The van der Waals surface area contributed by atoms with Crippen LogP contribution in [0.5, 0.6) is 0 Å². The van der Waals surface area contributed by atoms with Gasteiger partial charge in [0.15, 0.2) is 5.71 Å². The molecule has 2 atom stereocenters. The molecule has 0 radical (unpaired) electrons. The molecule has 4 rings (SSSR count). The highest BCUT2D eigenvalue weighted by Crippen LogP contribution is 2.41. The van der Waals surface area contributed by atoms with Crippen LogP contribution in [0.15, 0.2) is 45.8 Å². The predicted molar refractivity (Wildman–Crippen MR) is 136 cm³/mol. The van der Waals surface area contributed by atoms with Gasteiger partial charge in [-0.25, -0.2) is 9.48 Å². The summed E-state index contributed by atoms with van der Waals surface area (Å²) in [7, 11) is 1.25. The zero-order valence-corrected chi connectivity index (χ0v) is 21.6. The van der Waals surface area contributed by atoms with Crippen LogP contribution in [0, 0.1) is 0 Å². The fourth-order valence-corrected chi connectivity index (χ4v) is 6.19. The van der Waals surface area contributed by atoms with Crippen molar-refractivity contribution >= 4 is 65.1 Å². The summed E-state index contributed by atoms with van der Waals surface area (Å²) in [6.07, 6.45) is 0.479. The van der Waals surface area contributed by atoms with Gasteiger partial charge in [-0.2, -0.15) is 0 Å². The van der Waals surface area contributed by atoms with Gasteiger partial charge in [-0.1, -0.05) is 29.1 Å². The number of anilines is 1. The number of fused-ring (bicyclic) bond motifs is 1. The molecule has 3 heterocycles. The van der Waals surface area contributed by atoms with E-state index in [1.54, 1.807) is 18.2 Å². The first-order valence-electron chi connectivity index (χ1n) is 11.0.